The van der Waals surface area contributed by atoms with E-state index in [9.17, 15) is 8.78 Å². The Morgan fingerprint density at radius 2 is 1.76 bits per heavy atom. The van der Waals surface area contributed by atoms with E-state index in [2.05, 4.69) is 36.6 Å². The number of hydrogen-bond acceptors (Lipinski definition) is 5. The van der Waals surface area contributed by atoms with Crippen LogP contribution in [0.3, 0.4) is 0 Å². The Hall–Kier alpha value is -1.80. The van der Waals surface area contributed by atoms with Gasteiger partial charge in [-0.1, -0.05) is 13.8 Å². The maximum Gasteiger partial charge on any atom is 0.149 e. The number of nitrogen functional groups attached to an aromatic ring is 1. The van der Waals surface area contributed by atoms with Gasteiger partial charge in [-0.15, -0.1) is 0 Å². The summed E-state index contributed by atoms with van der Waals surface area (Å²) < 4.78 is 27.1. The average molecular weight is 358 g/mol. The van der Waals surface area contributed by atoms with Gasteiger partial charge in [-0.05, 0) is 22.0 Å². The Labute approximate surface area is 129 Å². The van der Waals surface area contributed by atoms with Gasteiger partial charge in [-0.3, -0.25) is 0 Å². The molecule has 5 nitrogen and oxygen atoms in total. The van der Waals surface area contributed by atoms with E-state index in [1.54, 1.807) is 0 Å². The van der Waals surface area contributed by atoms with Crippen LogP contribution in [0, 0.1) is 11.6 Å². The molecule has 2 rings (SSSR count). The van der Waals surface area contributed by atoms with Crippen LogP contribution in [0.1, 0.15) is 25.6 Å². The second kappa shape index (κ2) is 6.31. The summed E-state index contributed by atoms with van der Waals surface area (Å²) in [6, 6.07) is 3.62. The van der Waals surface area contributed by atoms with E-state index in [1.165, 1.54) is 12.1 Å². The van der Waals surface area contributed by atoms with Gasteiger partial charge in [0.2, 0.25) is 0 Å². The number of rotatable bonds is 4. The van der Waals surface area contributed by atoms with Gasteiger partial charge in [-0.25, -0.2) is 24.6 Å². The maximum atomic E-state index is 13.8. The fourth-order valence-electron chi connectivity index (χ4n) is 1.62. The monoisotopic (exact) mass is 357 g/mol. The quantitative estimate of drug-likeness (QED) is 0.442. The zero-order chi connectivity index (χ0) is 15.6. The molecular formula is C13H14BrF2N5. The highest BCUT2D eigenvalue weighted by molar-refractivity contribution is 9.10. The van der Waals surface area contributed by atoms with Crippen molar-refractivity contribution >= 4 is 33.3 Å². The molecule has 112 valence electrons. The van der Waals surface area contributed by atoms with Gasteiger partial charge in [0.15, 0.2) is 0 Å². The largest absolute Gasteiger partial charge is 0.338 e. The number of hydrogen-bond donors (Lipinski definition) is 3. The summed E-state index contributed by atoms with van der Waals surface area (Å²) in [6.07, 6.45) is 0. The molecule has 0 aliphatic carbocycles. The summed E-state index contributed by atoms with van der Waals surface area (Å²) in [5.74, 6) is 5.35. The second-order valence-corrected chi connectivity index (χ2v) is 5.52. The Bertz CT molecular complexity index is 663. The number of halogens is 3. The number of nitrogens with zero attached hydrogens (tertiary/aromatic N) is 2. The number of anilines is 3. The minimum absolute atomic E-state index is 0.0728. The zero-order valence-corrected chi connectivity index (χ0v) is 13.0. The van der Waals surface area contributed by atoms with E-state index in [0.29, 0.717) is 17.5 Å². The number of hydrazine groups is 1. The van der Waals surface area contributed by atoms with Crippen LogP contribution in [0.4, 0.5) is 26.1 Å². The Morgan fingerprint density at radius 1 is 1.10 bits per heavy atom. The molecule has 0 saturated carbocycles. The van der Waals surface area contributed by atoms with Gasteiger partial charge in [0.05, 0.1) is 10.2 Å². The van der Waals surface area contributed by atoms with Crippen LogP contribution in [0.15, 0.2) is 22.7 Å². The summed E-state index contributed by atoms with van der Waals surface area (Å²) in [5.41, 5.74) is 2.53. The molecule has 2 aromatic rings. The lowest BCUT2D eigenvalue weighted by Gasteiger charge is -2.12. The van der Waals surface area contributed by atoms with Gasteiger partial charge in [0, 0.05) is 18.1 Å². The molecule has 4 N–H and O–H groups in total. The van der Waals surface area contributed by atoms with Crippen molar-refractivity contribution in [3.8, 4) is 0 Å². The van der Waals surface area contributed by atoms with Gasteiger partial charge in [0.1, 0.15) is 29.1 Å². The third-order valence-electron chi connectivity index (χ3n) is 2.68. The van der Waals surface area contributed by atoms with Crippen LogP contribution >= 0.6 is 15.9 Å². The molecule has 0 aliphatic heterocycles. The first-order valence-corrected chi connectivity index (χ1v) is 6.97. The van der Waals surface area contributed by atoms with Crippen molar-refractivity contribution in [2.45, 2.75) is 19.8 Å². The Kier molecular flexibility index (Phi) is 4.69. The van der Waals surface area contributed by atoms with Crippen molar-refractivity contribution < 1.29 is 8.78 Å². The normalized spacial score (nSPS) is 10.8. The van der Waals surface area contributed by atoms with E-state index in [1.807, 2.05) is 13.8 Å². The molecule has 0 unspecified atom stereocenters. The highest BCUT2D eigenvalue weighted by Crippen LogP contribution is 2.27. The summed E-state index contributed by atoms with van der Waals surface area (Å²) in [4.78, 5) is 8.47. The highest BCUT2D eigenvalue weighted by Gasteiger charge is 2.12. The number of nitrogens with one attached hydrogen (secondary N) is 2. The van der Waals surface area contributed by atoms with Crippen LogP contribution in [0.5, 0.6) is 0 Å². The van der Waals surface area contributed by atoms with E-state index in [4.69, 9.17) is 5.84 Å². The molecule has 1 heterocycles. The van der Waals surface area contributed by atoms with Crippen molar-refractivity contribution in [2.75, 3.05) is 10.7 Å². The number of benzene rings is 1. The van der Waals surface area contributed by atoms with E-state index >= 15 is 0 Å². The molecule has 0 spiro atoms. The summed E-state index contributed by atoms with van der Waals surface area (Å²) in [7, 11) is 0. The summed E-state index contributed by atoms with van der Waals surface area (Å²) >= 11 is 3.01. The number of nitrogens with two attached hydrogens (primary N) is 1. The van der Waals surface area contributed by atoms with Crippen LogP contribution in [0.25, 0.3) is 0 Å². The van der Waals surface area contributed by atoms with Crippen molar-refractivity contribution in [3.05, 3.63) is 40.1 Å². The fourth-order valence-corrected chi connectivity index (χ4v) is 1.96. The van der Waals surface area contributed by atoms with Gasteiger partial charge >= 0.3 is 0 Å². The van der Waals surface area contributed by atoms with Gasteiger partial charge in [-0.2, -0.15) is 0 Å². The molecule has 0 saturated heterocycles. The molecule has 0 bridgehead atoms. The lowest BCUT2D eigenvalue weighted by Crippen LogP contribution is -2.12. The molecule has 0 fully saturated rings. The lowest BCUT2D eigenvalue weighted by molar-refractivity contribution is 0.581. The molecule has 1 aromatic carbocycles. The van der Waals surface area contributed by atoms with Crippen molar-refractivity contribution in [3.63, 3.8) is 0 Å². The van der Waals surface area contributed by atoms with Crippen molar-refractivity contribution in [2.24, 2.45) is 5.84 Å². The molecular weight excluding hydrogens is 344 g/mol. The number of aromatic nitrogens is 2. The minimum Gasteiger partial charge on any atom is -0.338 e. The molecule has 21 heavy (non-hydrogen) atoms. The van der Waals surface area contributed by atoms with Crippen LogP contribution in [-0.4, -0.2) is 9.97 Å². The van der Waals surface area contributed by atoms with E-state index in [-0.39, 0.29) is 16.1 Å². The standard InChI is InChI=1S/C13H14BrF2N5/c1-6(2)13-19-11(5-12(20-13)21-17)18-10-3-7(14)8(15)4-9(10)16/h3-6H,17H2,1-2H3,(H2,18,19,20,21). The SMILES string of the molecule is CC(C)c1nc(NN)cc(Nc2cc(Br)c(F)cc2F)n1. The summed E-state index contributed by atoms with van der Waals surface area (Å²) in [6.45, 7) is 3.85. The predicted octanol–water partition coefficient (Wildman–Crippen LogP) is 3.67. The zero-order valence-electron chi connectivity index (χ0n) is 11.4. The van der Waals surface area contributed by atoms with E-state index < -0.39 is 11.6 Å². The fraction of sp³-hybridized carbons (Fsp3) is 0.231. The highest BCUT2D eigenvalue weighted by atomic mass is 79.9. The first-order chi connectivity index (χ1) is 9.90. The lowest BCUT2D eigenvalue weighted by atomic mass is 10.2. The van der Waals surface area contributed by atoms with Crippen LogP contribution in [-0.2, 0) is 0 Å². The third kappa shape index (κ3) is 3.64. The Morgan fingerprint density at radius 3 is 2.38 bits per heavy atom. The predicted molar refractivity (Wildman–Crippen MR) is 81.3 cm³/mol. The van der Waals surface area contributed by atoms with Crippen LogP contribution < -0.4 is 16.6 Å². The second-order valence-electron chi connectivity index (χ2n) is 4.67. The summed E-state index contributed by atoms with van der Waals surface area (Å²) in [5, 5.41) is 2.79. The first-order valence-electron chi connectivity index (χ1n) is 6.18. The minimum atomic E-state index is -0.720. The smallest absolute Gasteiger partial charge is 0.149 e. The van der Waals surface area contributed by atoms with E-state index in [0.717, 1.165) is 6.07 Å². The van der Waals surface area contributed by atoms with Crippen LogP contribution in [0.2, 0.25) is 0 Å². The topological polar surface area (TPSA) is 75.9 Å². The molecule has 1 aromatic heterocycles. The molecule has 0 radical (unpaired) electrons. The maximum absolute atomic E-state index is 13.8. The molecule has 0 atom stereocenters. The molecule has 0 amide bonds. The third-order valence-corrected chi connectivity index (χ3v) is 3.29. The average Bonchev–Trinajstić information content (AvgIpc) is 2.44. The van der Waals surface area contributed by atoms with Crippen molar-refractivity contribution in [1.82, 2.24) is 9.97 Å². The Balaban J connectivity index is 2.39. The first kappa shape index (κ1) is 15.6. The van der Waals surface area contributed by atoms with Gasteiger partial charge < -0.3 is 10.7 Å². The molecule has 8 heteroatoms. The molecule has 0 aliphatic rings. The van der Waals surface area contributed by atoms with Gasteiger partial charge in [0.25, 0.3) is 0 Å². The van der Waals surface area contributed by atoms with Crippen molar-refractivity contribution in [1.29, 1.82) is 0 Å².